The van der Waals surface area contributed by atoms with Crippen molar-refractivity contribution >= 4 is 28.2 Å². The van der Waals surface area contributed by atoms with Crippen molar-refractivity contribution in [2.45, 2.75) is 27.3 Å². The average Bonchev–Trinajstić information content (AvgIpc) is 3.00. The minimum atomic E-state index is -0.462. The summed E-state index contributed by atoms with van der Waals surface area (Å²) in [7, 11) is 1.32. The van der Waals surface area contributed by atoms with E-state index < -0.39 is 5.97 Å². The summed E-state index contributed by atoms with van der Waals surface area (Å²) in [6.45, 7) is 6.36. The predicted octanol–water partition coefficient (Wildman–Crippen LogP) is 2.62. The summed E-state index contributed by atoms with van der Waals surface area (Å²) in [4.78, 5) is 24.9. The number of ether oxygens (including phenoxy) is 1. The first-order chi connectivity index (χ1) is 9.97. The molecule has 2 heterocycles. The largest absolute Gasteiger partial charge is 0.465 e. The van der Waals surface area contributed by atoms with Crippen molar-refractivity contribution in [1.29, 1.82) is 0 Å². The van der Waals surface area contributed by atoms with E-state index in [-0.39, 0.29) is 5.91 Å². The van der Waals surface area contributed by atoms with Crippen LogP contribution in [0.1, 0.15) is 38.2 Å². The van der Waals surface area contributed by atoms with Crippen LogP contribution in [0.15, 0.2) is 12.3 Å². The Morgan fingerprint density at radius 1 is 1.38 bits per heavy atom. The summed E-state index contributed by atoms with van der Waals surface area (Å²) in [5.41, 5.74) is 1.66. The lowest BCUT2D eigenvalue weighted by atomic mass is 10.2. The van der Waals surface area contributed by atoms with Gasteiger partial charge in [-0.3, -0.25) is 9.48 Å². The van der Waals surface area contributed by atoms with Gasteiger partial charge in [-0.15, -0.1) is 11.3 Å². The Bertz CT molecular complexity index is 688. The number of hydrogen-bond acceptors (Lipinski definition) is 5. The van der Waals surface area contributed by atoms with Crippen molar-refractivity contribution < 1.29 is 14.3 Å². The highest BCUT2D eigenvalue weighted by Crippen LogP contribution is 2.28. The molecule has 6 nitrogen and oxygen atoms in total. The molecule has 0 saturated heterocycles. The number of aryl methyl sites for hydroxylation is 2. The second kappa shape index (κ2) is 6.09. The molecule has 2 aromatic heterocycles. The number of rotatable bonds is 4. The molecule has 0 radical (unpaired) electrons. The fourth-order valence-corrected chi connectivity index (χ4v) is 2.92. The van der Waals surface area contributed by atoms with Crippen LogP contribution in [0, 0.1) is 13.8 Å². The zero-order valence-electron chi connectivity index (χ0n) is 12.4. The monoisotopic (exact) mass is 307 g/mol. The SMILES string of the molecule is CCn1ncc(C(=O)Nc2sc(C)cc2C(=O)OC)c1C. The molecule has 0 aliphatic heterocycles. The molecule has 0 aliphatic rings. The zero-order valence-corrected chi connectivity index (χ0v) is 13.2. The van der Waals surface area contributed by atoms with Crippen LogP contribution in [-0.2, 0) is 11.3 Å². The lowest BCUT2D eigenvalue weighted by Gasteiger charge is -2.05. The number of esters is 1. The predicted molar refractivity (Wildman–Crippen MR) is 81.0 cm³/mol. The van der Waals surface area contributed by atoms with Crippen molar-refractivity contribution in [1.82, 2.24) is 9.78 Å². The van der Waals surface area contributed by atoms with Crippen LogP contribution < -0.4 is 5.32 Å². The number of methoxy groups -OCH3 is 1. The number of carbonyl (C=O) groups is 2. The highest BCUT2D eigenvalue weighted by Gasteiger charge is 2.20. The van der Waals surface area contributed by atoms with Gasteiger partial charge in [-0.25, -0.2) is 4.79 Å². The third-order valence-corrected chi connectivity index (χ3v) is 4.10. The first-order valence-corrected chi connectivity index (χ1v) is 7.32. The van der Waals surface area contributed by atoms with E-state index in [1.54, 1.807) is 10.7 Å². The maximum atomic E-state index is 12.3. The average molecular weight is 307 g/mol. The minimum absolute atomic E-state index is 0.279. The Balaban J connectivity index is 2.27. The smallest absolute Gasteiger partial charge is 0.340 e. The first kappa shape index (κ1) is 15.2. The standard InChI is InChI=1S/C14H17N3O3S/c1-5-17-9(3)11(7-15-17)12(18)16-13-10(14(19)20-4)6-8(2)21-13/h6-7H,5H2,1-4H3,(H,16,18). The van der Waals surface area contributed by atoms with Crippen LogP contribution in [0.2, 0.25) is 0 Å². The number of aromatic nitrogens is 2. The van der Waals surface area contributed by atoms with Crippen molar-refractivity contribution in [3.8, 4) is 0 Å². The van der Waals surface area contributed by atoms with E-state index in [0.29, 0.717) is 22.7 Å². The Hall–Kier alpha value is -2.15. The van der Waals surface area contributed by atoms with E-state index in [0.717, 1.165) is 10.6 Å². The molecule has 7 heteroatoms. The van der Waals surface area contributed by atoms with E-state index in [1.165, 1.54) is 24.6 Å². The third-order valence-electron chi connectivity index (χ3n) is 3.13. The van der Waals surface area contributed by atoms with Gasteiger partial charge in [0, 0.05) is 17.1 Å². The van der Waals surface area contributed by atoms with Gasteiger partial charge in [0.05, 0.1) is 24.4 Å². The molecule has 0 atom stereocenters. The minimum Gasteiger partial charge on any atom is -0.465 e. The van der Waals surface area contributed by atoms with Gasteiger partial charge in [-0.05, 0) is 26.8 Å². The van der Waals surface area contributed by atoms with Gasteiger partial charge < -0.3 is 10.1 Å². The normalized spacial score (nSPS) is 10.5. The lowest BCUT2D eigenvalue weighted by Crippen LogP contribution is -2.14. The van der Waals surface area contributed by atoms with Gasteiger partial charge in [0.25, 0.3) is 5.91 Å². The molecule has 21 heavy (non-hydrogen) atoms. The molecule has 0 unspecified atom stereocenters. The Morgan fingerprint density at radius 2 is 2.10 bits per heavy atom. The summed E-state index contributed by atoms with van der Waals surface area (Å²) in [5.74, 6) is -0.741. The molecule has 2 aromatic rings. The molecular weight excluding hydrogens is 290 g/mol. The fraction of sp³-hybridized carbons (Fsp3) is 0.357. The molecule has 0 saturated carbocycles. The van der Waals surface area contributed by atoms with E-state index in [9.17, 15) is 9.59 Å². The van der Waals surface area contributed by atoms with E-state index in [2.05, 4.69) is 10.4 Å². The van der Waals surface area contributed by atoms with Gasteiger partial charge >= 0.3 is 5.97 Å². The lowest BCUT2D eigenvalue weighted by molar-refractivity contribution is 0.0602. The Labute approximate surface area is 126 Å². The summed E-state index contributed by atoms with van der Waals surface area (Å²) < 4.78 is 6.47. The molecule has 0 aromatic carbocycles. The van der Waals surface area contributed by atoms with Crippen molar-refractivity contribution in [3.63, 3.8) is 0 Å². The van der Waals surface area contributed by atoms with Crippen LogP contribution in [0.5, 0.6) is 0 Å². The number of thiophene rings is 1. The van der Waals surface area contributed by atoms with Crippen molar-refractivity contribution in [2.75, 3.05) is 12.4 Å². The van der Waals surface area contributed by atoms with Gasteiger partial charge in [-0.1, -0.05) is 0 Å². The maximum absolute atomic E-state index is 12.3. The van der Waals surface area contributed by atoms with Gasteiger partial charge in [0.15, 0.2) is 0 Å². The first-order valence-electron chi connectivity index (χ1n) is 6.50. The van der Waals surface area contributed by atoms with Crippen LogP contribution >= 0.6 is 11.3 Å². The Morgan fingerprint density at radius 3 is 2.67 bits per heavy atom. The number of nitrogens with one attached hydrogen (secondary N) is 1. The van der Waals surface area contributed by atoms with E-state index in [4.69, 9.17) is 4.74 Å². The third kappa shape index (κ3) is 2.97. The van der Waals surface area contributed by atoms with Crippen LogP contribution in [0.25, 0.3) is 0 Å². The van der Waals surface area contributed by atoms with Gasteiger partial charge in [0.1, 0.15) is 5.00 Å². The van der Waals surface area contributed by atoms with Crippen molar-refractivity contribution in [3.05, 3.63) is 34.0 Å². The molecule has 112 valence electrons. The molecular formula is C14H17N3O3S. The quantitative estimate of drug-likeness (QED) is 0.881. The van der Waals surface area contributed by atoms with Crippen LogP contribution in [0.4, 0.5) is 5.00 Å². The summed E-state index contributed by atoms with van der Waals surface area (Å²) in [6.07, 6.45) is 1.53. The highest BCUT2D eigenvalue weighted by atomic mass is 32.1. The molecule has 2 rings (SSSR count). The van der Waals surface area contributed by atoms with Crippen LogP contribution in [0.3, 0.4) is 0 Å². The zero-order chi connectivity index (χ0) is 15.6. The number of anilines is 1. The molecule has 0 aliphatic carbocycles. The summed E-state index contributed by atoms with van der Waals surface area (Å²) >= 11 is 1.34. The Kier molecular flexibility index (Phi) is 4.42. The highest BCUT2D eigenvalue weighted by molar-refractivity contribution is 7.16. The number of amides is 1. The summed E-state index contributed by atoms with van der Waals surface area (Å²) in [5, 5.41) is 7.40. The molecule has 0 bridgehead atoms. The number of nitrogens with zero attached hydrogens (tertiary/aromatic N) is 2. The van der Waals surface area contributed by atoms with Crippen LogP contribution in [-0.4, -0.2) is 28.8 Å². The topological polar surface area (TPSA) is 73.2 Å². The van der Waals surface area contributed by atoms with Crippen molar-refractivity contribution in [2.24, 2.45) is 0 Å². The number of carbonyl (C=O) groups excluding carboxylic acids is 2. The molecule has 1 N–H and O–H groups in total. The summed E-state index contributed by atoms with van der Waals surface area (Å²) in [6, 6.07) is 1.70. The second-order valence-corrected chi connectivity index (χ2v) is 5.76. The van der Waals surface area contributed by atoms with E-state index >= 15 is 0 Å². The van der Waals surface area contributed by atoms with Gasteiger partial charge in [-0.2, -0.15) is 5.10 Å². The number of hydrogen-bond donors (Lipinski definition) is 1. The second-order valence-electron chi connectivity index (χ2n) is 4.50. The fourth-order valence-electron chi connectivity index (χ4n) is 2.03. The molecule has 0 spiro atoms. The molecule has 1 amide bonds. The maximum Gasteiger partial charge on any atom is 0.340 e. The van der Waals surface area contributed by atoms with E-state index in [1.807, 2.05) is 20.8 Å². The molecule has 0 fully saturated rings. The van der Waals surface area contributed by atoms with Gasteiger partial charge in [0.2, 0.25) is 0 Å².